The summed E-state index contributed by atoms with van der Waals surface area (Å²) in [6, 6.07) is 5.91. The molecule has 0 aliphatic rings. The van der Waals surface area contributed by atoms with Crippen molar-refractivity contribution in [1.29, 1.82) is 10.8 Å². The number of hydrazone groups is 2. The van der Waals surface area contributed by atoms with Crippen LogP contribution in [0.2, 0.25) is 0 Å². The number of hydrogen-bond donors (Lipinski definition) is 6. The maximum absolute atomic E-state index is 7.06. The first kappa shape index (κ1) is 17.2. The fourth-order valence-electron chi connectivity index (χ4n) is 1.84. The molecule has 0 aromatic heterocycles. The number of guanidine groups is 2. The van der Waals surface area contributed by atoms with Crippen molar-refractivity contribution < 1.29 is 0 Å². The van der Waals surface area contributed by atoms with Gasteiger partial charge in [-0.2, -0.15) is 10.2 Å². The van der Waals surface area contributed by atoms with Crippen LogP contribution in [0.3, 0.4) is 0 Å². The lowest BCUT2D eigenvalue weighted by molar-refractivity contribution is 0.647. The second kappa shape index (κ2) is 8.40. The van der Waals surface area contributed by atoms with Crippen molar-refractivity contribution in [3.05, 3.63) is 34.9 Å². The minimum Gasteiger partial charge on any atom is -0.369 e. The average Bonchev–Trinajstić information content (AvgIpc) is 2.36. The molecule has 0 atom stereocenters. The molecular formula is C14H22N8. The molecule has 118 valence electrons. The third kappa shape index (κ3) is 7.04. The molecule has 0 spiro atoms. The van der Waals surface area contributed by atoms with Crippen LogP contribution >= 0.6 is 0 Å². The van der Waals surface area contributed by atoms with Crippen molar-refractivity contribution in [2.45, 2.75) is 20.3 Å². The quantitative estimate of drug-likeness (QED) is 0.258. The van der Waals surface area contributed by atoms with E-state index in [1.165, 1.54) is 0 Å². The summed E-state index contributed by atoms with van der Waals surface area (Å²) in [7, 11) is 0. The van der Waals surface area contributed by atoms with Crippen LogP contribution in [0.25, 0.3) is 0 Å². The Kier molecular flexibility index (Phi) is 6.55. The first-order valence-corrected chi connectivity index (χ1v) is 6.77. The van der Waals surface area contributed by atoms with E-state index in [0.717, 1.165) is 23.1 Å². The van der Waals surface area contributed by atoms with Crippen LogP contribution in [0.15, 0.2) is 28.4 Å². The fraction of sp³-hybridized carbons (Fsp3) is 0.286. The van der Waals surface area contributed by atoms with E-state index >= 15 is 0 Å². The van der Waals surface area contributed by atoms with Gasteiger partial charge < -0.3 is 11.5 Å². The van der Waals surface area contributed by atoms with Crippen LogP contribution in [-0.4, -0.2) is 24.3 Å². The van der Waals surface area contributed by atoms with Crippen molar-refractivity contribution in [1.82, 2.24) is 10.9 Å². The highest BCUT2D eigenvalue weighted by Crippen LogP contribution is 2.12. The van der Waals surface area contributed by atoms with E-state index in [2.05, 4.69) is 34.9 Å². The minimum atomic E-state index is -0.220. The van der Waals surface area contributed by atoms with Gasteiger partial charge in [-0.25, -0.2) is 10.9 Å². The van der Waals surface area contributed by atoms with Crippen molar-refractivity contribution in [2.75, 3.05) is 0 Å². The third-order valence-corrected chi connectivity index (χ3v) is 2.48. The van der Waals surface area contributed by atoms with Crippen LogP contribution in [-0.2, 0) is 6.42 Å². The molecule has 0 aliphatic carbocycles. The number of nitrogens with zero attached hydrogens (tertiary/aromatic N) is 2. The molecule has 1 aromatic carbocycles. The number of hydrogen-bond acceptors (Lipinski definition) is 4. The maximum atomic E-state index is 7.06. The summed E-state index contributed by atoms with van der Waals surface area (Å²) in [5, 5.41) is 21.9. The molecular weight excluding hydrogens is 280 g/mol. The Bertz CT molecular complexity index is 544. The zero-order valence-corrected chi connectivity index (χ0v) is 12.7. The van der Waals surface area contributed by atoms with Gasteiger partial charge in [-0.3, -0.25) is 10.8 Å². The molecule has 0 heterocycles. The van der Waals surface area contributed by atoms with Gasteiger partial charge in [-0.05, 0) is 35.1 Å². The van der Waals surface area contributed by atoms with E-state index < -0.39 is 0 Å². The first-order valence-electron chi connectivity index (χ1n) is 6.77. The van der Waals surface area contributed by atoms with Crippen molar-refractivity contribution >= 4 is 24.3 Å². The van der Waals surface area contributed by atoms with Crippen molar-refractivity contribution in [3.63, 3.8) is 0 Å². The molecule has 0 amide bonds. The standard InChI is InChI=1S/C14H22N8/c1-9(2)3-10-4-11(7-19-21-13(15)16)6-12(5-10)8-20-22-14(17)18/h4-9H,3H2,1-2H3,(H4,15,16,21)(H4,17,18,22)/b19-7-,20-8+. The van der Waals surface area contributed by atoms with Gasteiger partial charge in [-0.1, -0.05) is 26.0 Å². The molecule has 0 bridgehead atoms. The minimum absolute atomic E-state index is 0.220. The second-order valence-corrected chi connectivity index (χ2v) is 5.17. The highest BCUT2D eigenvalue weighted by atomic mass is 15.3. The van der Waals surface area contributed by atoms with Gasteiger partial charge in [0.1, 0.15) is 0 Å². The zero-order chi connectivity index (χ0) is 16.5. The van der Waals surface area contributed by atoms with Gasteiger partial charge in [0.2, 0.25) is 11.9 Å². The number of nitrogens with one attached hydrogen (secondary N) is 4. The Balaban J connectivity index is 2.99. The predicted octanol–water partition coefficient (Wildman–Crippen LogP) is 0.519. The Morgan fingerprint density at radius 2 is 1.50 bits per heavy atom. The van der Waals surface area contributed by atoms with Crippen LogP contribution in [0, 0.1) is 16.7 Å². The predicted molar refractivity (Wildman–Crippen MR) is 90.3 cm³/mol. The van der Waals surface area contributed by atoms with Gasteiger partial charge in [-0.15, -0.1) is 0 Å². The van der Waals surface area contributed by atoms with Gasteiger partial charge in [0.25, 0.3) is 0 Å². The smallest absolute Gasteiger partial charge is 0.206 e. The molecule has 0 radical (unpaired) electrons. The maximum Gasteiger partial charge on any atom is 0.206 e. The highest BCUT2D eigenvalue weighted by Gasteiger charge is 2.02. The topological polar surface area (TPSA) is 149 Å². The van der Waals surface area contributed by atoms with Crippen LogP contribution in [0.5, 0.6) is 0 Å². The number of nitrogens with two attached hydrogens (primary N) is 2. The summed E-state index contributed by atoms with van der Waals surface area (Å²) in [4.78, 5) is 0. The average molecular weight is 302 g/mol. The third-order valence-electron chi connectivity index (χ3n) is 2.48. The summed E-state index contributed by atoms with van der Waals surface area (Å²) < 4.78 is 0. The molecule has 8 heteroatoms. The zero-order valence-electron chi connectivity index (χ0n) is 12.7. The summed E-state index contributed by atoms with van der Waals surface area (Å²) >= 11 is 0. The van der Waals surface area contributed by atoms with Crippen LogP contribution < -0.4 is 22.3 Å². The van der Waals surface area contributed by atoms with E-state index in [0.29, 0.717) is 5.92 Å². The van der Waals surface area contributed by atoms with Gasteiger partial charge in [0.15, 0.2) is 0 Å². The van der Waals surface area contributed by atoms with E-state index in [-0.39, 0.29) is 11.9 Å². The Hall–Kier alpha value is -2.90. The summed E-state index contributed by atoms with van der Waals surface area (Å²) in [6.45, 7) is 4.28. The SMILES string of the molecule is CC(C)Cc1cc(/C=N\NC(=N)N)cc(/C=N/NC(=N)N)c1. The Morgan fingerprint density at radius 3 is 1.86 bits per heavy atom. The normalized spacial score (nSPS) is 11.2. The molecule has 0 unspecified atom stereocenters. The molecule has 0 saturated heterocycles. The first-order chi connectivity index (χ1) is 10.4. The molecule has 8 nitrogen and oxygen atoms in total. The van der Waals surface area contributed by atoms with E-state index in [4.69, 9.17) is 22.3 Å². The van der Waals surface area contributed by atoms with E-state index in [9.17, 15) is 0 Å². The van der Waals surface area contributed by atoms with E-state index in [1.54, 1.807) is 12.4 Å². The van der Waals surface area contributed by atoms with Crippen LogP contribution in [0.4, 0.5) is 0 Å². The second-order valence-electron chi connectivity index (χ2n) is 5.17. The molecule has 0 fully saturated rings. The van der Waals surface area contributed by atoms with Crippen LogP contribution in [0.1, 0.15) is 30.5 Å². The van der Waals surface area contributed by atoms with Gasteiger partial charge >= 0.3 is 0 Å². The summed E-state index contributed by atoms with van der Waals surface area (Å²) in [6.07, 6.45) is 4.09. The Labute approximate surface area is 129 Å². The lowest BCUT2D eigenvalue weighted by atomic mass is 9.99. The lowest BCUT2D eigenvalue weighted by Gasteiger charge is -2.08. The van der Waals surface area contributed by atoms with Gasteiger partial charge in [0, 0.05) is 0 Å². The monoisotopic (exact) mass is 302 g/mol. The van der Waals surface area contributed by atoms with Gasteiger partial charge in [0.05, 0.1) is 12.4 Å². The molecule has 1 rings (SSSR count). The molecule has 0 saturated carbocycles. The largest absolute Gasteiger partial charge is 0.369 e. The number of benzene rings is 1. The fourth-order valence-corrected chi connectivity index (χ4v) is 1.84. The number of rotatable bonds is 6. The molecule has 0 aliphatic heterocycles. The molecule has 8 N–H and O–H groups in total. The lowest BCUT2D eigenvalue weighted by Crippen LogP contribution is -2.25. The molecule has 1 aromatic rings. The molecule has 22 heavy (non-hydrogen) atoms. The highest BCUT2D eigenvalue weighted by molar-refractivity contribution is 5.88. The summed E-state index contributed by atoms with van der Waals surface area (Å²) in [5.74, 6) is 0.0757. The van der Waals surface area contributed by atoms with Crippen molar-refractivity contribution in [2.24, 2.45) is 27.6 Å². The Morgan fingerprint density at radius 1 is 1.05 bits per heavy atom. The van der Waals surface area contributed by atoms with Crippen molar-refractivity contribution in [3.8, 4) is 0 Å². The summed E-state index contributed by atoms with van der Waals surface area (Å²) in [5.41, 5.74) is 17.9. The van der Waals surface area contributed by atoms with E-state index in [1.807, 2.05) is 18.2 Å².